The second kappa shape index (κ2) is 26.3. The summed E-state index contributed by atoms with van der Waals surface area (Å²) in [6, 6.07) is 0. The van der Waals surface area contributed by atoms with Crippen LogP contribution >= 0.6 is 65.7 Å². The minimum absolute atomic E-state index is 1.07. The molecule has 216 valence electrons. The van der Waals surface area contributed by atoms with E-state index in [4.69, 9.17) is 36.7 Å². The molecule has 37 heavy (non-hydrogen) atoms. The summed E-state index contributed by atoms with van der Waals surface area (Å²) in [4.78, 5) is 7.41. The fraction of sp³-hybridized carbons (Fsp3) is 0.889. The van der Waals surface area contributed by atoms with Gasteiger partial charge in [0.05, 0.1) is 0 Å². The zero-order chi connectivity index (χ0) is 27.9. The molecule has 0 N–H and O–H groups in total. The number of unbranched alkanes of at least 4 members (excludes halogenated alkanes) is 6. The fourth-order valence-electron chi connectivity index (χ4n) is 3.52. The van der Waals surface area contributed by atoms with E-state index in [9.17, 15) is 0 Å². The molecule has 10 heteroatoms. The van der Waals surface area contributed by atoms with Crippen molar-refractivity contribution in [2.75, 3.05) is 39.3 Å². The van der Waals surface area contributed by atoms with Gasteiger partial charge in [-0.05, 0) is 0 Å². The molecule has 0 aliphatic heterocycles. The Balaban J connectivity index is 5.69. The van der Waals surface area contributed by atoms with Crippen molar-refractivity contribution in [3.05, 3.63) is 0 Å². The van der Waals surface area contributed by atoms with Crippen molar-refractivity contribution in [2.24, 2.45) is 0 Å². The molecule has 0 spiro atoms. The van der Waals surface area contributed by atoms with E-state index in [1.54, 1.807) is 0 Å². The zero-order valence-electron chi connectivity index (χ0n) is 24.6. The molecule has 0 heterocycles. The Kier molecular flexibility index (Phi) is 27.2. The van der Waals surface area contributed by atoms with Crippen molar-refractivity contribution < 1.29 is 0 Å². The van der Waals surface area contributed by atoms with Crippen molar-refractivity contribution in [1.82, 2.24) is 14.7 Å². The van der Waals surface area contributed by atoms with Crippen molar-refractivity contribution in [1.29, 1.82) is 0 Å². The van der Waals surface area contributed by atoms with Crippen LogP contribution in [0.5, 0.6) is 0 Å². The monoisotopic (exact) mass is 681 g/mol. The molecule has 0 bridgehead atoms. The van der Waals surface area contributed by atoms with Crippen LogP contribution < -0.4 is 0 Å². The Labute approximate surface area is 261 Å². The average molecular weight is 683 g/mol. The van der Waals surface area contributed by atoms with Gasteiger partial charge in [-0.2, -0.15) is 0 Å². The van der Waals surface area contributed by atoms with Crippen molar-refractivity contribution >= 4 is 91.2 Å². The molecule has 0 radical (unpaired) electrons. The van der Waals surface area contributed by atoms with Crippen LogP contribution in [-0.2, 0) is 0 Å². The normalized spacial score (nSPS) is 10.9. The summed E-state index contributed by atoms with van der Waals surface area (Å²) in [6.45, 7) is 20.0. The van der Waals surface area contributed by atoms with Gasteiger partial charge in [0.25, 0.3) is 0 Å². The molecular weight excluding hydrogens is 628 g/mol. The third-order valence-electron chi connectivity index (χ3n) is 6.06. The van der Waals surface area contributed by atoms with E-state index in [0.717, 1.165) is 52.2 Å². The molecular formula is C27H54GaN3S6. The summed E-state index contributed by atoms with van der Waals surface area (Å²) >= 11 is 16.1. The first-order chi connectivity index (χ1) is 17.9. The van der Waals surface area contributed by atoms with Gasteiger partial charge < -0.3 is 0 Å². The molecule has 0 aliphatic carbocycles. The minimum atomic E-state index is -2.18. The van der Waals surface area contributed by atoms with Gasteiger partial charge in [0.1, 0.15) is 0 Å². The molecule has 3 nitrogen and oxygen atoms in total. The number of hydrogen-bond acceptors (Lipinski definition) is 6. The van der Waals surface area contributed by atoms with E-state index >= 15 is 0 Å². The second-order valence-electron chi connectivity index (χ2n) is 9.52. The summed E-state index contributed by atoms with van der Waals surface area (Å²) in [5.74, 6) is 0. The molecule has 0 saturated heterocycles. The standard InChI is InChI=1S/3C9H19NS2.Ga/c3*1-3-5-7-10(9(11)12)8-6-4-2;/h3*3-8H2,1-2H3,(H,11,12);/q;;;+3/p-3. The van der Waals surface area contributed by atoms with Crippen LogP contribution in [0.2, 0.25) is 0 Å². The van der Waals surface area contributed by atoms with Gasteiger partial charge in [-0.15, -0.1) is 0 Å². The topological polar surface area (TPSA) is 9.72 Å². The van der Waals surface area contributed by atoms with E-state index in [1.807, 2.05) is 29.1 Å². The summed E-state index contributed by atoms with van der Waals surface area (Å²) in [5, 5.41) is 0. The van der Waals surface area contributed by atoms with Crippen molar-refractivity contribution in [3.8, 4) is 0 Å². The molecule has 0 aliphatic rings. The summed E-state index contributed by atoms with van der Waals surface area (Å²) in [5.41, 5.74) is 0. The maximum absolute atomic E-state index is 6.09. The SMILES string of the molecule is CCCCN(CCCC)C(=S)[S][Ga]([S]C(=S)N(CCCC)CCCC)[S]C(=S)N(CCCC)CCCC. The Bertz CT molecular complexity index is 506. The molecule has 0 aromatic carbocycles. The van der Waals surface area contributed by atoms with Crippen LogP contribution in [0, 0.1) is 0 Å². The molecule has 0 amide bonds. The quantitative estimate of drug-likeness (QED) is 0.0857. The molecule has 0 fully saturated rings. The van der Waals surface area contributed by atoms with Crippen molar-refractivity contribution in [2.45, 2.75) is 119 Å². The van der Waals surface area contributed by atoms with Gasteiger partial charge in [0, 0.05) is 0 Å². The van der Waals surface area contributed by atoms with Gasteiger partial charge >= 0.3 is 264 Å². The van der Waals surface area contributed by atoms with Gasteiger partial charge in [-0.25, -0.2) is 0 Å². The summed E-state index contributed by atoms with van der Waals surface area (Å²) < 4.78 is 3.25. The number of thiocarbonyl (C=S) groups is 3. The average Bonchev–Trinajstić information content (AvgIpc) is 2.88. The molecule has 0 aromatic heterocycles. The molecule has 0 atom stereocenters. The zero-order valence-corrected chi connectivity index (χ0v) is 31.9. The summed E-state index contributed by atoms with van der Waals surface area (Å²) in [6.07, 6.45) is 14.4. The van der Waals surface area contributed by atoms with Crippen LogP contribution in [-0.4, -0.2) is 79.5 Å². The predicted molar refractivity (Wildman–Crippen MR) is 190 cm³/mol. The molecule has 0 saturated carbocycles. The van der Waals surface area contributed by atoms with Crippen LogP contribution in [0.3, 0.4) is 0 Å². The van der Waals surface area contributed by atoms with Gasteiger partial charge in [-0.1, -0.05) is 0 Å². The van der Waals surface area contributed by atoms with Crippen molar-refractivity contribution in [3.63, 3.8) is 0 Å². The van der Waals surface area contributed by atoms with Crippen LogP contribution in [0.15, 0.2) is 0 Å². The van der Waals surface area contributed by atoms with Gasteiger partial charge in [-0.3, -0.25) is 0 Å². The Hall–Kier alpha value is 1.36. The number of hydrogen-bond donors (Lipinski definition) is 0. The Morgan fingerprint density at radius 2 is 0.622 bits per heavy atom. The molecule has 0 rings (SSSR count). The van der Waals surface area contributed by atoms with Gasteiger partial charge in [0.15, 0.2) is 0 Å². The van der Waals surface area contributed by atoms with Crippen LogP contribution in [0.25, 0.3) is 0 Å². The first-order valence-corrected chi connectivity index (χ1v) is 27.5. The van der Waals surface area contributed by atoms with Crippen LogP contribution in [0.4, 0.5) is 0 Å². The van der Waals surface area contributed by atoms with E-state index in [-0.39, 0.29) is 0 Å². The predicted octanol–water partition coefficient (Wildman–Crippen LogP) is 9.73. The van der Waals surface area contributed by atoms with E-state index in [2.05, 4.69) is 56.2 Å². The van der Waals surface area contributed by atoms with Gasteiger partial charge in [0.2, 0.25) is 0 Å². The second-order valence-corrected chi connectivity index (χ2v) is 31.0. The number of rotatable bonds is 21. The summed E-state index contributed by atoms with van der Waals surface area (Å²) in [7, 11) is 5.95. The molecule has 0 aromatic rings. The first-order valence-electron chi connectivity index (χ1n) is 14.7. The van der Waals surface area contributed by atoms with Crippen LogP contribution in [0.1, 0.15) is 119 Å². The Morgan fingerprint density at radius 3 is 0.784 bits per heavy atom. The maximum atomic E-state index is 6.09. The number of nitrogens with zero attached hydrogens (tertiary/aromatic N) is 3. The first kappa shape index (κ1) is 38.4. The van der Waals surface area contributed by atoms with E-state index in [1.165, 1.54) is 77.0 Å². The van der Waals surface area contributed by atoms with E-state index < -0.39 is 12.5 Å². The molecule has 0 unspecified atom stereocenters. The Morgan fingerprint density at radius 1 is 0.432 bits per heavy atom. The third-order valence-corrected chi connectivity index (χ3v) is 29.7. The third kappa shape index (κ3) is 19.2. The van der Waals surface area contributed by atoms with E-state index in [0.29, 0.717) is 0 Å². The fourth-order valence-corrected chi connectivity index (χ4v) is 33.5.